The van der Waals surface area contributed by atoms with Crippen molar-refractivity contribution in [1.29, 1.82) is 0 Å². The van der Waals surface area contributed by atoms with Crippen LogP contribution in [0, 0.1) is 0 Å². The highest BCUT2D eigenvalue weighted by molar-refractivity contribution is 7.07. The van der Waals surface area contributed by atoms with Crippen LogP contribution in [-0.4, -0.2) is 23.2 Å². The molecule has 1 aromatic heterocycles. The Labute approximate surface area is 263 Å². The van der Waals surface area contributed by atoms with Gasteiger partial charge in [0.2, 0.25) is 0 Å². The molecule has 1 aliphatic heterocycles. The fourth-order valence-corrected chi connectivity index (χ4v) is 6.08. The highest BCUT2D eigenvalue weighted by Gasteiger charge is 2.33. The van der Waals surface area contributed by atoms with E-state index in [0.717, 1.165) is 16.7 Å². The average Bonchev–Trinajstić information content (AvgIpc) is 3.27. The van der Waals surface area contributed by atoms with Crippen LogP contribution in [0.3, 0.4) is 0 Å². The van der Waals surface area contributed by atoms with Crippen LogP contribution >= 0.6 is 34.5 Å². The van der Waals surface area contributed by atoms with E-state index in [0.29, 0.717) is 48.8 Å². The van der Waals surface area contributed by atoms with E-state index in [4.69, 9.17) is 37.4 Å². The Morgan fingerprint density at radius 1 is 1.02 bits per heavy atom. The second kappa shape index (κ2) is 13.2. The highest BCUT2D eigenvalue weighted by Crippen LogP contribution is 2.32. The summed E-state index contributed by atoms with van der Waals surface area (Å²) in [4.78, 5) is 32.1. The molecule has 4 aromatic rings. The predicted molar refractivity (Wildman–Crippen MR) is 170 cm³/mol. The van der Waals surface area contributed by atoms with Crippen molar-refractivity contribution in [3.8, 4) is 11.5 Å². The molecule has 0 bridgehead atoms. The molecule has 43 heavy (non-hydrogen) atoms. The summed E-state index contributed by atoms with van der Waals surface area (Å²) in [5.74, 6) is 0.875. The minimum atomic E-state index is -0.692. The SMILES string of the molecule is CCOC(=O)C1=C(C)N=c2s/c(=C/c3ccc(OCc4ccc(Cl)c(Cl)c4)cc3)c(=O)n2[C@@H]1c1ccc(OC(C)C)cc1. The maximum Gasteiger partial charge on any atom is 0.338 e. The third-order valence-corrected chi connectivity index (χ3v) is 8.37. The van der Waals surface area contributed by atoms with E-state index in [1.807, 2.05) is 74.5 Å². The molecule has 1 atom stereocenters. The Balaban J connectivity index is 1.47. The van der Waals surface area contributed by atoms with E-state index in [1.54, 1.807) is 30.5 Å². The molecule has 0 spiro atoms. The molecule has 5 rings (SSSR count). The molecule has 1 aliphatic rings. The van der Waals surface area contributed by atoms with Crippen molar-refractivity contribution in [2.45, 2.75) is 46.4 Å². The van der Waals surface area contributed by atoms with E-state index in [9.17, 15) is 9.59 Å². The second-order valence-electron chi connectivity index (χ2n) is 10.1. The maximum atomic E-state index is 13.9. The fourth-order valence-electron chi connectivity index (χ4n) is 4.72. The van der Waals surface area contributed by atoms with Crippen molar-refractivity contribution in [2.24, 2.45) is 4.99 Å². The average molecular weight is 638 g/mol. The van der Waals surface area contributed by atoms with Crippen molar-refractivity contribution >= 4 is 46.6 Å². The Morgan fingerprint density at radius 3 is 2.37 bits per heavy atom. The van der Waals surface area contributed by atoms with Crippen molar-refractivity contribution in [3.05, 3.63) is 124 Å². The zero-order chi connectivity index (χ0) is 30.7. The van der Waals surface area contributed by atoms with Crippen LogP contribution in [0.25, 0.3) is 6.08 Å². The summed E-state index contributed by atoms with van der Waals surface area (Å²) < 4.78 is 19.1. The number of benzene rings is 3. The zero-order valence-electron chi connectivity index (χ0n) is 24.1. The molecular formula is C33H30Cl2N2O5S. The summed E-state index contributed by atoms with van der Waals surface area (Å²) in [7, 11) is 0. The summed E-state index contributed by atoms with van der Waals surface area (Å²) in [5.41, 5.74) is 3.08. The molecule has 0 N–H and O–H groups in total. The lowest BCUT2D eigenvalue weighted by atomic mass is 9.96. The van der Waals surface area contributed by atoms with Crippen molar-refractivity contribution < 1.29 is 19.0 Å². The van der Waals surface area contributed by atoms with Gasteiger partial charge in [-0.15, -0.1) is 0 Å². The maximum absolute atomic E-state index is 13.9. The summed E-state index contributed by atoms with van der Waals surface area (Å²) >= 11 is 13.4. The van der Waals surface area contributed by atoms with Gasteiger partial charge in [0.05, 0.1) is 44.6 Å². The number of esters is 1. The van der Waals surface area contributed by atoms with Gasteiger partial charge in [0.1, 0.15) is 18.1 Å². The van der Waals surface area contributed by atoms with Crippen LogP contribution in [0.1, 0.15) is 50.4 Å². The van der Waals surface area contributed by atoms with Crippen LogP contribution in [0.5, 0.6) is 11.5 Å². The molecule has 0 saturated carbocycles. The summed E-state index contributed by atoms with van der Waals surface area (Å²) in [6.45, 7) is 7.97. The molecule has 222 valence electrons. The zero-order valence-corrected chi connectivity index (χ0v) is 26.4. The van der Waals surface area contributed by atoms with Crippen molar-refractivity contribution in [1.82, 2.24) is 4.57 Å². The number of thiazole rings is 1. The van der Waals surface area contributed by atoms with Gasteiger partial charge in [-0.1, -0.05) is 64.9 Å². The molecule has 0 radical (unpaired) electrons. The fraction of sp³-hybridized carbons (Fsp3) is 0.242. The second-order valence-corrected chi connectivity index (χ2v) is 12.0. The highest BCUT2D eigenvalue weighted by atomic mass is 35.5. The van der Waals surface area contributed by atoms with Crippen LogP contribution in [-0.2, 0) is 16.1 Å². The first-order chi connectivity index (χ1) is 20.6. The van der Waals surface area contributed by atoms with Crippen molar-refractivity contribution in [2.75, 3.05) is 6.61 Å². The molecule has 0 saturated heterocycles. The lowest BCUT2D eigenvalue weighted by Gasteiger charge is -2.25. The third kappa shape index (κ3) is 6.88. The smallest absolute Gasteiger partial charge is 0.338 e. The number of nitrogens with zero attached hydrogens (tertiary/aromatic N) is 2. The first-order valence-corrected chi connectivity index (χ1v) is 15.3. The molecule has 0 amide bonds. The van der Waals surface area contributed by atoms with Gasteiger partial charge in [0, 0.05) is 0 Å². The lowest BCUT2D eigenvalue weighted by Crippen LogP contribution is -2.39. The number of hydrogen-bond acceptors (Lipinski definition) is 7. The number of halogens is 2. The Bertz CT molecular complexity index is 1860. The van der Waals surface area contributed by atoms with E-state index < -0.39 is 12.0 Å². The Kier molecular flexibility index (Phi) is 9.40. The van der Waals surface area contributed by atoms with E-state index in [1.165, 1.54) is 11.3 Å². The molecule has 0 aliphatic carbocycles. The van der Waals surface area contributed by atoms with Crippen LogP contribution < -0.4 is 24.4 Å². The topological polar surface area (TPSA) is 79.1 Å². The molecule has 0 unspecified atom stereocenters. The number of ether oxygens (including phenoxy) is 3. The van der Waals surface area contributed by atoms with Crippen molar-refractivity contribution in [3.63, 3.8) is 0 Å². The number of carbonyl (C=O) groups excluding carboxylic acids is 1. The van der Waals surface area contributed by atoms with E-state index in [-0.39, 0.29) is 18.3 Å². The summed E-state index contributed by atoms with van der Waals surface area (Å²) in [6.07, 6.45) is 1.83. The third-order valence-electron chi connectivity index (χ3n) is 6.65. The largest absolute Gasteiger partial charge is 0.491 e. The van der Waals surface area contributed by atoms with Gasteiger partial charge in [-0.2, -0.15) is 0 Å². The first kappa shape index (κ1) is 30.6. The Hall–Kier alpha value is -3.85. The molecule has 3 aromatic carbocycles. The van der Waals surface area contributed by atoms with Gasteiger partial charge >= 0.3 is 5.97 Å². The minimum Gasteiger partial charge on any atom is -0.491 e. The quantitative estimate of drug-likeness (QED) is 0.197. The van der Waals surface area contributed by atoms with E-state index >= 15 is 0 Å². The number of aromatic nitrogens is 1. The van der Waals surface area contributed by atoms with Crippen LogP contribution in [0.2, 0.25) is 10.0 Å². The van der Waals surface area contributed by atoms with Crippen LogP contribution in [0.15, 0.2) is 87.8 Å². The first-order valence-electron chi connectivity index (χ1n) is 13.8. The van der Waals surface area contributed by atoms with Gasteiger partial charge in [-0.25, -0.2) is 9.79 Å². The monoisotopic (exact) mass is 636 g/mol. The van der Waals surface area contributed by atoms with Gasteiger partial charge in [0.25, 0.3) is 5.56 Å². The number of rotatable bonds is 9. The summed E-state index contributed by atoms with van der Waals surface area (Å²) in [5, 5.41) is 0.969. The van der Waals surface area contributed by atoms with E-state index in [2.05, 4.69) is 4.99 Å². The minimum absolute atomic E-state index is 0.0176. The van der Waals surface area contributed by atoms with Crippen LogP contribution in [0.4, 0.5) is 0 Å². The molecule has 10 heteroatoms. The molecular weight excluding hydrogens is 607 g/mol. The van der Waals surface area contributed by atoms with Gasteiger partial charge in [0.15, 0.2) is 4.80 Å². The predicted octanol–water partition coefficient (Wildman–Crippen LogP) is 6.47. The molecule has 0 fully saturated rings. The standard InChI is InChI=1S/C33H30Cl2N2O5S/c1-5-40-32(39)29-20(4)36-33-37(30(29)23-9-13-25(14-10-23)42-19(2)3)31(38)28(43-33)17-21-6-11-24(12-7-21)41-18-22-8-15-26(34)27(35)16-22/h6-17,19,30H,5,18H2,1-4H3/b28-17+/t30-/m1/s1. The number of carbonyl (C=O) groups is 1. The Morgan fingerprint density at radius 2 is 1.72 bits per heavy atom. The van der Waals surface area contributed by atoms with Gasteiger partial charge < -0.3 is 14.2 Å². The molecule has 7 nitrogen and oxygen atoms in total. The normalized spacial score (nSPS) is 14.9. The van der Waals surface area contributed by atoms with Gasteiger partial charge in [-0.3, -0.25) is 9.36 Å². The number of hydrogen-bond donors (Lipinski definition) is 0. The lowest BCUT2D eigenvalue weighted by molar-refractivity contribution is -0.139. The summed E-state index contributed by atoms with van der Waals surface area (Å²) in [6, 6.07) is 19.5. The van der Waals surface area contributed by atoms with Gasteiger partial charge in [-0.05, 0) is 86.9 Å². The molecule has 2 heterocycles. The number of allylic oxidation sites excluding steroid dienone is 1. The number of fused-ring (bicyclic) bond motifs is 1.